The average molecular weight is 290 g/mol. The predicted octanol–water partition coefficient (Wildman–Crippen LogP) is 1.48. The minimum absolute atomic E-state index is 0.0524. The molecule has 1 N–H and O–H groups in total. The first kappa shape index (κ1) is 15.6. The smallest absolute Gasteiger partial charge is 0.338 e. The molecule has 1 aromatic rings. The van der Waals surface area contributed by atoms with Gasteiger partial charge in [0.25, 0.3) is 0 Å². The van der Waals surface area contributed by atoms with E-state index in [0.717, 1.165) is 12.1 Å². The third-order valence-corrected chi connectivity index (χ3v) is 4.14. The fraction of sp³-hybridized carbons (Fsp3) is 0.417. The Balaban J connectivity index is 2.77. The van der Waals surface area contributed by atoms with Crippen molar-refractivity contribution in [1.82, 2.24) is 0 Å². The van der Waals surface area contributed by atoms with Gasteiger partial charge in [-0.3, -0.25) is 0 Å². The molecule has 0 radical (unpaired) electrons. The standard InChI is InChI=1S/C12H15FO5S/c1-18-5-2-6-19(16,17)8-9-3-4-10(12(14)15)11(13)7-9/h3-4,7H,2,5-6,8H2,1H3,(H,14,15). The lowest BCUT2D eigenvalue weighted by Crippen LogP contribution is -2.11. The summed E-state index contributed by atoms with van der Waals surface area (Å²) in [7, 11) is -1.87. The van der Waals surface area contributed by atoms with Crippen molar-refractivity contribution in [2.24, 2.45) is 0 Å². The molecule has 0 fully saturated rings. The fourth-order valence-electron chi connectivity index (χ4n) is 1.57. The molecule has 0 spiro atoms. The monoisotopic (exact) mass is 290 g/mol. The molecule has 0 bridgehead atoms. The average Bonchev–Trinajstić information content (AvgIpc) is 2.28. The van der Waals surface area contributed by atoms with E-state index in [9.17, 15) is 17.6 Å². The van der Waals surface area contributed by atoms with Crippen LogP contribution >= 0.6 is 0 Å². The van der Waals surface area contributed by atoms with E-state index in [4.69, 9.17) is 9.84 Å². The normalized spacial score (nSPS) is 11.5. The van der Waals surface area contributed by atoms with Gasteiger partial charge in [0, 0.05) is 13.7 Å². The van der Waals surface area contributed by atoms with Crippen LogP contribution in [0.3, 0.4) is 0 Å². The zero-order valence-electron chi connectivity index (χ0n) is 10.4. The molecular weight excluding hydrogens is 275 g/mol. The van der Waals surface area contributed by atoms with E-state index >= 15 is 0 Å². The molecule has 0 aliphatic rings. The van der Waals surface area contributed by atoms with Crippen LogP contribution in [0.1, 0.15) is 22.3 Å². The number of methoxy groups -OCH3 is 1. The number of hydrogen-bond donors (Lipinski definition) is 1. The second kappa shape index (κ2) is 6.63. The van der Waals surface area contributed by atoms with Crippen LogP contribution in [0.25, 0.3) is 0 Å². The van der Waals surface area contributed by atoms with Crippen LogP contribution < -0.4 is 0 Å². The molecule has 0 amide bonds. The van der Waals surface area contributed by atoms with Crippen LogP contribution in [0.4, 0.5) is 4.39 Å². The van der Waals surface area contributed by atoms with Gasteiger partial charge >= 0.3 is 5.97 Å². The van der Waals surface area contributed by atoms with Gasteiger partial charge in [-0.25, -0.2) is 17.6 Å². The van der Waals surface area contributed by atoms with Crippen LogP contribution in [-0.2, 0) is 20.3 Å². The molecule has 0 unspecified atom stereocenters. The van der Waals surface area contributed by atoms with E-state index in [1.807, 2.05) is 0 Å². The Kier molecular flexibility index (Phi) is 5.44. The second-order valence-corrected chi connectivity index (χ2v) is 6.24. The zero-order valence-corrected chi connectivity index (χ0v) is 11.2. The summed E-state index contributed by atoms with van der Waals surface area (Å²) in [5, 5.41) is 8.66. The molecule has 0 heterocycles. The minimum atomic E-state index is -3.35. The van der Waals surface area contributed by atoms with Gasteiger partial charge in [-0.1, -0.05) is 6.07 Å². The Labute approximate surface area is 110 Å². The maximum atomic E-state index is 13.4. The lowest BCUT2D eigenvalue weighted by molar-refractivity contribution is 0.0692. The van der Waals surface area contributed by atoms with Gasteiger partial charge in [0.15, 0.2) is 9.84 Å². The first-order valence-corrected chi connectivity index (χ1v) is 7.39. The SMILES string of the molecule is COCCCS(=O)(=O)Cc1ccc(C(=O)O)c(F)c1. The molecule has 1 aromatic carbocycles. The van der Waals surface area contributed by atoms with E-state index in [-0.39, 0.29) is 17.1 Å². The molecule has 1 rings (SSSR count). The van der Waals surface area contributed by atoms with Crippen molar-refractivity contribution in [2.45, 2.75) is 12.2 Å². The van der Waals surface area contributed by atoms with E-state index in [1.165, 1.54) is 13.2 Å². The number of carboxylic acid groups (broad SMARTS) is 1. The van der Waals surface area contributed by atoms with Gasteiger partial charge in [-0.05, 0) is 24.1 Å². The predicted molar refractivity (Wildman–Crippen MR) is 67.3 cm³/mol. The first-order chi connectivity index (χ1) is 8.85. The first-order valence-electron chi connectivity index (χ1n) is 5.57. The lowest BCUT2D eigenvalue weighted by atomic mass is 10.1. The molecule has 106 valence electrons. The van der Waals surface area contributed by atoms with Crippen molar-refractivity contribution >= 4 is 15.8 Å². The maximum Gasteiger partial charge on any atom is 0.338 e. The number of sulfone groups is 1. The quantitative estimate of drug-likeness (QED) is 0.769. The van der Waals surface area contributed by atoms with Crippen molar-refractivity contribution in [1.29, 1.82) is 0 Å². The van der Waals surface area contributed by atoms with Crippen LogP contribution in [0.15, 0.2) is 18.2 Å². The molecule has 0 atom stereocenters. The topological polar surface area (TPSA) is 80.7 Å². The number of hydrogen-bond acceptors (Lipinski definition) is 4. The van der Waals surface area contributed by atoms with Crippen LogP contribution in [0.2, 0.25) is 0 Å². The maximum absolute atomic E-state index is 13.4. The van der Waals surface area contributed by atoms with Crippen molar-refractivity contribution in [3.8, 4) is 0 Å². The van der Waals surface area contributed by atoms with Crippen molar-refractivity contribution in [3.63, 3.8) is 0 Å². The number of ether oxygens (including phenoxy) is 1. The Morgan fingerprint density at radius 1 is 1.42 bits per heavy atom. The molecule has 0 aromatic heterocycles. The zero-order chi connectivity index (χ0) is 14.5. The highest BCUT2D eigenvalue weighted by atomic mass is 32.2. The fourth-order valence-corrected chi connectivity index (χ4v) is 2.96. The van der Waals surface area contributed by atoms with Crippen LogP contribution in [-0.4, -0.2) is 39.0 Å². The number of rotatable bonds is 7. The highest BCUT2D eigenvalue weighted by Crippen LogP contribution is 2.14. The summed E-state index contributed by atoms with van der Waals surface area (Å²) in [6, 6.07) is 3.31. The Hall–Kier alpha value is -1.47. The van der Waals surface area contributed by atoms with Crippen molar-refractivity contribution in [3.05, 3.63) is 35.1 Å². The number of benzene rings is 1. The van der Waals surface area contributed by atoms with Gasteiger partial charge in [0.05, 0.1) is 17.1 Å². The minimum Gasteiger partial charge on any atom is -0.478 e. The van der Waals surface area contributed by atoms with Crippen LogP contribution in [0.5, 0.6) is 0 Å². The highest BCUT2D eigenvalue weighted by Gasteiger charge is 2.15. The highest BCUT2D eigenvalue weighted by molar-refractivity contribution is 7.90. The van der Waals surface area contributed by atoms with Gasteiger partial charge in [0.1, 0.15) is 5.82 Å². The van der Waals surface area contributed by atoms with Gasteiger partial charge in [-0.2, -0.15) is 0 Å². The summed E-state index contributed by atoms with van der Waals surface area (Å²) in [5.74, 6) is -2.68. The molecule has 5 nitrogen and oxygen atoms in total. The third kappa shape index (κ3) is 4.96. The molecule has 0 aliphatic carbocycles. The molecule has 19 heavy (non-hydrogen) atoms. The lowest BCUT2D eigenvalue weighted by Gasteiger charge is -2.05. The Morgan fingerprint density at radius 2 is 2.11 bits per heavy atom. The number of halogens is 1. The van der Waals surface area contributed by atoms with E-state index in [1.54, 1.807) is 0 Å². The summed E-state index contributed by atoms with van der Waals surface area (Å²) in [5.41, 5.74) is -0.236. The molecular formula is C12H15FO5S. The molecule has 0 aliphatic heterocycles. The number of carboxylic acids is 1. The summed E-state index contributed by atoms with van der Waals surface area (Å²) >= 11 is 0. The molecule has 7 heteroatoms. The summed E-state index contributed by atoms with van der Waals surface area (Å²) in [4.78, 5) is 10.6. The Morgan fingerprint density at radius 3 is 2.63 bits per heavy atom. The second-order valence-electron chi connectivity index (χ2n) is 4.06. The van der Waals surface area contributed by atoms with E-state index < -0.39 is 27.2 Å². The van der Waals surface area contributed by atoms with E-state index in [0.29, 0.717) is 13.0 Å². The molecule has 0 saturated carbocycles. The summed E-state index contributed by atoms with van der Waals surface area (Å²) < 4.78 is 41.6. The van der Waals surface area contributed by atoms with E-state index in [2.05, 4.69) is 0 Å². The Bertz CT molecular complexity index is 553. The number of aromatic carboxylic acids is 1. The summed E-state index contributed by atoms with van der Waals surface area (Å²) in [6.07, 6.45) is 0.370. The third-order valence-electron chi connectivity index (χ3n) is 2.45. The van der Waals surface area contributed by atoms with Gasteiger partial charge in [0.2, 0.25) is 0 Å². The van der Waals surface area contributed by atoms with Gasteiger partial charge in [-0.15, -0.1) is 0 Å². The van der Waals surface area contributed by atoms with Gasteiger partial charge < -0.3 is 9.84 Å². The van der Waals surface area contributed by atoms with Crippen LogP contribution in [0, 0.1) is 5.82 Å². The van der Waals surface area contributed by atoms with Crippen molar-refractivity contribution < 1.29 is 27.4 Å². The largest absolute Gasteiger partial charge is 0.478 e. The summed E-state index contributed by atoms with van der Waals surface area (Å²) in [6.45, 7) is 0.339. The molecule has 0 saturated heterocycles. The number of carbonyl (C=O) groups is 1. The van der Waals surface area contributed by atoms with Crippen molar-refractivity contribution in [2.75, 3.05) is 19.5 Å².